The van der Waals surface area contributed by atoms with Crippen LogP contribution in [0.3, 0.4) is 0 Å². The summed E-state index contributed by atoms with van der Waals surface area (Å²) in [5, 5.41) is 3.53. The first-order valence-electron chi connectivity index (χ1n) is 13.4. The number of hydrogen-bond acceptors (Lipinski definition) is 5. The highest BCUT2D eigenvalue weighted by Crippen LogP contribution is 2.33. The Bertz CT molecular complexity index is 1030. The second-order valence-corrected chi connectivity index (χ2v) is 10.5. The Morgan fingerprint density at radius 1 is 1.00 bits per heavy atom. The van der Waals surface area contributed by atoms with Crippen molar-refractivity contribution in [3.05, 3.63) is 59.4 Å². The molecule has 1 aromatic carbocycles. The number of hydrogen-bond donors (Lipinski definition) is 1. The largest absolute Gasteiger partial charge is 0.371 e. The molecule has 186 valence electrons. The quantitative estimate of drug-likeness (QED) is 0.638. The number of aryl methyl sites for hydroxylation is 1. The van der Waals surface area contributed by atoms with Gasteiger partial charge < -0.3 is 15.1 Å². The molecule has 0 bridgehead atoms. The van der Waals surface area contributed by atoms with Crippen molar-refractivity contribution in [2.24, 2.45) is 5.92 Å². The van der Waals surface area contributed by atoms with Crippen molar-refractivity contribution in [1.29, 1.82) is 0 Å². The summed E-state index contributed by atoms with van der Waals surface area (Å²) in [7, 11) is 1.95. The molecule has 1 aromatic heterocycles. The molecule has 0 radical (unpaired) electrons. The minimum atomic E-state index is 0.0964. The molecule has 2 fully saturated rings. The first-order valence-corrected chi connectivity index (χ1v) is 13.4. The summed E-state index contributed by atoms with van der Waals surface area (Å²) in [4.78, 5) is 34.5. The van der Waals surface area contributed by atoms with Gasteiger partial charge in [0.05, 0.1) is 6.54 Å². The summed E-state index contributed by atoms with van der Waals surface area (Å²) >= 11 is 0. The molecule has 3 aliphatic rings. The zero-order chi connectivity index (χ0) is 24.2. The van der Waals surface area contributed by atoms with Crippen molar-refractivity contribution in [1.82, 2.24) is 15.2 Å². The number of piperidine rings is 1. The van der Waals surface area contributed by atoms with Gasteiger partial charge in [0.2, 0.25) is 0 Å². The fraction of sp³-hybridized carbons (Fsp3) is 0.552. The van der Waals surface area contributed by atoms with Gasteiger partial charge in [0.1, 0.15) is 5.78 Å². The molecule has 2 aromatic rings. The number of nitrogens with zero attached hydrogens (tertiary/aromatic N) is 3. The number of Topliss-reactive ketones (excluding diaryl/α,β-unsaturated/α-hetero) is 1. The lowest BCUT2D eigenvalue weighted by molar-refractivity contribution is -0.123. The number of amides is 1. The minimum absolute atomic E-state index is 0.0964. The second-order valence-electron chi connectivity index (χ2n) is 10.5. The maximum absolute atomic E-state index is 13.4. The Hall–Kier alpha value is -2.73. The van der Waals surface area contributed by atoms with Crippen molar-refractivity contribution < 1.29 is 9.59 Å². The number of carbonyl (C=O) groups excluding carboxylic acids is 2. The van der Waals surface area contributed by atoms with Gasteiger partial charge in [-0.05, 0) is 73.9 Å². The summed E-state index contributed by atoms with van der Waals surface area (Å²) in [6.07, 6.45) is 13.3. The van der Waals surface area contributed by atoms with Crippen LogP contribution in [-0.2, 0) is 11.2 Å². The van der Waals surface area contributed by atoms with Crippen LogP contribution in [0.5, 0.6) is 0 Å². The molecule has 1 saturated heterocycles. The van der Waals surface area contributed by atoms with Gasteiger partial charge in [0, 0.05) is 61.8 Å². The van der Waals surface area contributed by atoms with E-state index in [1.54, 1.807) is 0 Å². The van der Waals surface area contributed by atoms with E-state index in [4.69, 9.17) is 0 Å². The lowest BCUT2D eigenvalue weighted by Gasteiger charge is -2.38. The first kappa shape index (κ1) is 24.0. The zero-order valence-corrected chi connectivity index (χ0v) is 20.9. The summed E-state index contributed by atoms with van der Waals surface area (Å²) in [5.41, 5.74) is 4.47. The van der Waals surface area contributed by atoms with Gasteiger partial charge in [-0.25, -0.2) is 0 Å². The highest BCUT2D eigenvalue weighted by Gasteiger charge is 2.29. The average molecular weight is 475 g/mol. The molecule has 1 unspecified atom stereocenters. The zero-order valence-electron chi connectivity index (χ0n) is 20.9. The smallest absolute Gasteiger partial charge is 0.253 e. The van der Waals surface area contributed by atoms with Crippen molar-refractivity contribution in [3.8, 4) is 0 Å². The maximum Gasteiger partial charge on any atom is 0.253 e. The molecule has 1 saturated carbocycles. The Morgan fingerprint density at radius 3 is 2.49 bits per heavy atom. The second kappa shape index (κ2) is 10.9. The van der Waals surface area contributed by atoms with Gasteiger partial charge in [-0.15, -0.1) is 0 Å². The van der Waals surface area contributed by atoms with Crippen LogP contribution < -0.4 is 10.2 Å². The van der Waals surface area contributed by atoms with Crippen molar-refractivity contribution in [2.45, 2.75) is 69.9 Å². The van der Waals surface area contributed by atoms with Crippen LogP contribution in [0.2, 0.25) is 0 Å². The maximum atomic E-state index is 13.4. The number of carbonyl (C=O) groups is 2. The lowest BCUT2D eigenvalue weighted by atomic mass is 9.86. The van der Waals surface area contributed by atoms with E-state index in [0.29, 0.717) is 12.3 Å². The molecule has 5 rings (SSSR count). The molecule has 6 nitrogen and oxygen atoms in total. The van der Waals surface area contributed by atoms with Crippen LogP contribution in [-0.4, -0.2) is 54.3 Å². The SMILES string of the molecule is CN(C(=O)c1ccc2c(c1)C(NCC(=O)C1CCCCC1)CC2)C1CCN(c2ccncc2)CC1. The molecular formula is C29H38N4O2. The van der Waals surface area contributed by atoms with Crippen LogP contribution in [0.15, 0.2) is 42.7 Å². The van der Waals surface area contributed by atoms with Gasteiger partial charge in [-0.3, -0.25) is 14.6 Å². The first-order chi connectivity index (χ1) is 17.1. The van der Waals surface area contributed by atoms with Gasteiger partial charge in [0.25, 0.3) is 5.91 Å². The summed E-state index contributed by atoms with van der Waals surface area (Å²) < 4.78 is 0. The fourth-order valence-electron chi connectivity index (χ4n) is 6.18. The molecule has 6 heteroatoms. The Labute approximate surface area is 209 Å². The van der Waals surface area contributed by atoms with E-state index in [1.165, 1.54) is 36.1 Å². The third-order valence-electron chi connectivity index (χ3n) is 8.41. The topological polar surface area (TPSA) is 65.5 Å². The molecule has 0 spiro atoms. The van der Waals surface area contributed by atoms with Gasteiger partial charge in [0.15, 0.2) is 0 Å². The monoisotopic (exact) mass is 474 g/mol. The lowest BCUT2D eigenvalue weighted by Crippen LogP contribution is -2.45. The Morgan fingerprint density at radius 2 is 1.74 bits per heavy atom. The third-order valence-corrected chi connectivity index (χ3v) is 8.41. The van der Waals surface area contributed by atoms with Crippen molar-refractivity contribution in [3.63, 3.8) is 0 Å². The molecule has 1 N–H and O–H groups in total. The standard InChI is InChI=1S/C29H38N4O2/c1-32(24-13-17-33(18-14-24)25-11-15-30-16-12-25)29(35)23-8-7-21-9-10-27(26(21)19-23)31-20-28(34)22-5-3-2-4-6-22/h7-8,11-12,15-16,19,22,24,27,31H,2-6,9-10,13-14,17-18,20H2,1H3. The Balaban J connectivity index is 1.18. The third kappa shape index (κ3) is 5.43. The Kier molecular flexibility index (Phi) is 7.47. The molecule has 1 aliphatic heterocycles. The predicted octanol–water partition coefficient (Wildman–Crippen LogP) is 4.55. The van der Waals surface area contributed by atoms with Crippen LogP contribution in [0, 0.1) is 5.92 Å². The van der Waals surface area contributed by atoms with Crippen molar-refractivity contribution >= 4 is 17.4 Å². The predicted molar refractivity (Wildman–Crippen MR) is 139 cm³/mol. The number of ketones is 1. The van der Waals surface area contributed by atoms with Gasteiger partial charge in [-0.1, -0.05) is 25.3 Å². The van der Waals surface area contributed by atoms with Gasteiger partial charge >= 0.3 is 0 Å². The molecule has 2 heterocycles. The average Bonchev–Trinajstić information content (AvgIpc) is 3.34. The van der Waals surface area contributed by atoms with E-state index in [2.05, 4.69) is 27.3 Å². The summed E-state index contributed by atoms with van der Waals surface area (Å²) in [6, 6.07) is 10.7. The molecule has 2 aliphatic carbocycles. The molecular weight excluding hydrogens is 436 g/mol. The van der Waals surface area contributed by atoms with E-state index >= 15 is 0 Å². The van der Waals surface area contributed by atoms with E-state index < -0.39 is 0 Å². The molecule has 1 amide bonds. The van der Waals surface area contributed by atoms with Crippen LogP contribution >= 0.6 is 0 Å². The fourth-order valence-corrected chi connectivity index (χ4v) is 6.18. The number of rotatable bonds is 7. The van der Waals surface area contributed by atoms with Crippen LogP contribution in [0.25, 0.3) is 0 Å². The minimum Gasteiger partial charge on any atom is -0.371 e. The highest BCUT2D eigenvalue weighted by molar-refractivity contribution is 5.94. The summed E-state index contributed by atoms with van der Waals surface area (Å²) in [5.74, 6) is 0.700. The molecule has 35 heavy (non-hydrogen) atoms. The highest BCUT2D eigenvalue weighted by atomic mass is 16.2. The summed E-state index contributed by atoms with van der Waals surface area (Å²) in [6.45, 7) is 2.33. The molecule has 1 atom stereocenters. The van der Waals surface area contributed by atoms with Crippen molar-refractivity contribution in [2.75, 3.05) is 31.6 Å². The number of aromatic nitrogens is 1. The number of fused-ring (bicyclic) bond motifs is 1. The number of nitrogens with one attached hydrogen (secondary N) is 1. The van der Waals surface area contributed by atoms with E-state index in [0.717, 1.165) is 57.2 Å². The number of benzene rings is 1. The van der Waals surface area contributed by atoms with E-state index in [9.17, 15) is 9.59 Å². The van der Waals surface area contributed by atoms with E-state index in [-0.39, 0.29) is 23.9 Å². The number of anilines is 1. The number of pyridine rings is 1. The van der Waals surface area contributed by atoms with Crippen LogP contribution in [0.4, 0.5) is 5.69 Å². The normalized spacial score (nSPS) is 21.1. The van der Waals surface area contributed by atoms with Crippen LogP contribution in [0.1, 0.15) is 78.9 Å². The van der Waals surface area contributed by atoms with Gasteiger partial charge in [-0.2, -0.15) is 0 Å². The van der Waals surface area contributed by atoms with E-state index in [1.807, 2.05) is 42.5 Å².